The normalized spacial score (nSPS) is 18.9. The Morgan fingerprint density at radius 3 is 2.17 bits per heavy atom. The van der Waals surface area contributed by atoms with Gasteiger partial charge in [-0.2, -0.15) is 9.97 Å². The lowest BCUT2D eigenvalue weighted by molar-refractivity contribution is -0.00843. The van der Waals surface area contributed by atoms with Crippen LogP contribution in [-0.4, -0.2) is 102 Å². The number of carbonyl (C=O) groups excluding carboxylic acids is 2. The molecule has 2 bridgehead atoms. The van der Waals surface area contributed by atoms with Gasteiger partial charge in [-0.15, -0.1) is 0 Å². The van der Waals surface area contributed by atoms with Crippen molar-refractivity contribution in [1.29, 1.82) is 0 Å². The number of rotatable bonds is 8. The van der Waals surface area contributed by atoms with Gasteiger partial charge in [-0.3, -0.25) is 4.90 Å². The summed E-state index contributed by atoms with van der Waals surface area (Å²) in [6, 6.07) is 11.5. The van der Waals surface area contributed by atoms with Crippen molar-refractivity contribution >= 4 is 39.7 Å². The van der Waals surface area contributed by atoms with Crippen molar-refractivity contribution < 1.29 is 42.1 Å². The predicted molar refractivity (Wildman–Crippen MR) is 199 cm³/mol. The summed E-state index contributed by atoms with van der Waals surface area (Å²) < 4.78 is 61.7. The zero-order chi connectivity index (χ0) is 38.5. The Bertz CT molecular complexity index is 2060. The molecular formula is C40H47F2N5O7. The molecule has 0 N–H and O–H groups in total. The Labute approximate surface area is 313 Å². The smallest absolute Gasteiger partial charge is 0.410 e. The number of benzene rings is 3. The van der Waals surface area contributed by atoms with E-state index in [9.17, 15) is 9.59 Å². The number of piperazine rings is 1. The first-order valence-corrected chi connectivity index (χ1v) is 18.3. The number of methoxy groups -OCH3 is 1. The second-order valence-corrected chi connectivity index (χ2v) is 16.3. The van der Waals surface area contributed by atoms with Crippen LogP contribution in [0.4, 0.5) is 24.2 Å². The monoisotopic (exact) mass is 747 g/mol. The van der Waals surface area contributed by atoms with E-state index in [0.717, 1.165) is 18.2 Å². The average Bonchev–Trinajstić information content (AvgIpc) is 3.34. The fraction of sp³-hybridized carbons (Fsp3) is 0.500. The van der Waals surface area contributed by atoms with Gasteiger partial charge >= 0.3 is 18.2 Å². The van der Waals surface area contributed by atoms with Crippen molar-refractivity contribution in [3.8, 4) is 22.9 Å². The van der Waals surface area contributed by atoms with E-state index in [2.05, 4.69) is 4.98 Å². The van der Waals surface area contributed by atoms with Crippen LogP contribution in [0.25, 0.3) is 32.8 Å². The lowest BCUT2D eigenvalue weighted by Gasteiger charge is -2.42. The SMILES string of the molecule is COCOc1cc(-c2c(F)cc3c(N4CC5CCC(C4)N5C(=O)OC(C)(C)C)nc(OCC4CN(C(=O)OC(C)(C)C)C4)nc3c2F)c2ccccc2c1. The number of likely N-dealkylation sites (tertiary alicyclic amines) is 1. The van der Waals surface area contributed by atoms with Gasteiger partial charge in [-0.25, -0.2) is 18.4 Å². The van der Waals surface area contributed by atoms with Crippen LogP contribution in [0.2, 0.25) is 0 Å². The summed E-state index contributed by atoms with van der Waals surface area (Å²) >= 11 is 0. The molecule has 0 spiro atoms. The van der Waals surface area contributed by atoms with Crippen LogP contribution in [0.5, 0.6) is 11.8 Å². The summed E-state index contributed by atoms with van der Waals surface area (Å²) in [4.78, 5) is 40.4. The van der Waals surface area contributed by atoms with Gasteiger partial charge in [0.25, 0.3) is 0 Å². The van der Waals surface area contributed by atoms with Gasteiger partial charge < -0.3 is 33.5 Å². The lowest BCUT2D eigenvalue weighted by Crippen LogP contribution is -2.57. The maximum absolute atomic E-state index is 17.1. The fourth-order valence-corrected chi connectivity index (χ4v) is 7.44. The van der Waals surface area contributed by atoms with Gasteiger partial charge in [0.2, 0.25) is 0 Å². The van der Waals surface area contributed by atoms with E-state index in [1.54, 1.807) is 34.1 Å². The molecule has 3 aromatic carbocycles. The first-order chi connectivity index (χ1) is 25.6. The molecule has 0 aliphatic carbocycles. The molecule has 0 saturated carbocycles. The van der Waals surface area contributed by atoms with E-state index in [1.165, 1.54) is 13.2 Å². The molecule has 3 aliphatic rings. The molecule has 14 heteroatoms. The van der Waals surface area contributed by atoms with E-state index in [4.69, 9.17) is 28.7 Å². The van der Waals surface area contributed by atoms with Gasteiger partial charge in [0.15, 0.2) is 12.6 Å². The van der Waals surface area contributed by atoms with Crippen molar-refractivity contribution in [3.63, 3.8) is 0 Å². The van der Waals surface area contributed by atoms with Crippen molar-refractivity contribution in [2.24, 2.45) is 5.92 Å². The van der Waals surface area contributed by atoms with Gasteiger partial charge in [0.1, 0.15) is 34.1 Å². The highest BCUT2D eigenvalue weighted by atomic mass is 19.1. The molecule has 54 heavy (non-hydrogen) atoms. The Hall–Kier alpha value is -4.98. The summed E-state index contributed by atoms with van der Waals surface area (Å²) in [7, 11) is 1.49. The number of hydrogen-bond acceptors (Lipinski definition) is 10. The number of aromatic nitrogens is 2. The number of ether oxygens (including phenoxy) is 5. The summed E-state index contributed by atoms with van der Waals surface area (Å²) in [6.07, 6.45) is 0.732. The molecule has 7 rings (SSSR count). The highest BCUT2D eigenvalue weighted by molar-refractivity contribution is 6.01. The van der Waals surface area contributed by atoms with Crippen LogP contribution in [0.3, 0.4) is 0 Å². The number of hydrogen-bond donors (Lipinski definition) is 0. The van der Waals surface area contributed by atoms with Crippen molar-refractivity contribution in [1.82, 2.24) is 19.8 Å². The Morgan fingerprint density at radius 1 is 0.833 bits per heavy atom. The quantitative estimate of drug-likeness (QED) is 0.168. The third-order valence-corrected chi connectivity index (χ3v) is 9.73. The van der Waals surface area contributed by atoms with Crippen molar-refractivity contribution in [3.05, 3.63) is 54.1 Å². The Kier molecular flexibility index (Phi) is 9.92. The molecule has 2 unspecified atom stereocenters. The second kappa shape index (κ2) is 14.3. The van der Waals surface area contributed by atoms with Crippen LogP contribution < -0.4 is 14.4 Å². The molecule has 3 saturated heterocycles. The molecule has 1 aromatic heterocycles. The van der Waals surface area contributed by atoms with Gasteiger partial charge in [-0.05, 0) is 88.9 Å². The molecule has 12 nitrogen and oxygen atoms in total. The van der Waals surface area contributed by atoms with Crippen molar-refractivity contribution in [2.75, 3.05) is 51.6 Å². The highest BCUT2D eigenvalue weighted by Crippen LogP contribution is 2.42. The largest absolute Gasteiger partial charge is 0.468 e. The van der Waals surface area contributed by atoms with Gasteiger partial charge in [-0.1, -0.05) is 24.3 Å². The molecule has 4 aromatic rings. The Morgan fingerprint density at radius 2 is 1.50 bits per heavy atom. The highest BCUT2D eigenvalue weighted by Gasteiger charge is 2.45. The summed E-state index contributed by atoms with van der Waals surface area (Å²) in [5.41, 5.74) is -1.34. The molecule has 2 atom stereocenters. The summed E-state index contributed by atoms with van der Waals surface area (Å²) in [5, 5.41) is 1.54. The van der Waals surface area contributed by atoms with E-state index in [1.807, 2.05) is 58.6 Å². The van der Waals surface area contributed by atoms with Gasteiger partial charge in [0.05, 0.1) is 24.3 Å². The summed E-state index contributed by atoms with van der Waals surface area (Å²) in [5.74, 6) is -0.993. The molecule has 3 fully saturated rings. The lowest BCUT2D eigenvalue weighted by atomic mass is 9.95. The van der Waals surface area contributed by atoms with Crippen LogP contribution in [0, 0.1) is 17.6 Å². The number of nitrogens with zero attached hydrogens (tertiary/aromatic N) is 5. The fourth-order valence-electron chi connectivity index (χ4n) is 7.44. The topological polar surface area (TPSA) is 116 Å². The van der Waals surface area contributed by atoms with Crippen LogP contribution in [-0.2, 0) is 14.2 Å². The first kappa shape index (κ1) is 37.3. The van der Waals surface area contributed by atoms with E-state index in [-0.39, 0.29) is 60.0 Å². The zero-order valence-corrected chi connectivity index (χ0v) is 31.8. The second-order valence-electron chi connectivity index (χ2n) is 16.3. The van der Waals surface area contributed by atoms with Crippen LogP contribution in [0.1, 0.15) is 54.4 Å². The maximum Gasteiger partial charge on any atom is 0.410 e. The number of fused-ring (bicyclic) bond motifs is 4. The number of amides is 2. The first-order valence-electron chi connectivity index (χ1n) is 18.3. The maximum atomic E-state index is 17.1. The number of anilines is 1. The standard InChI is InChI=1S/C40H47F2N5O7/c1-39(2,3)53-37(48)46-17-23(18-46)21-51-36-43-34-30(35(44-36)45-19-25-12-13-26(20-45)47(25)38(49)54-40(4,5)6)16-31(41)32(33(34)42)29-15-27(52-22-50-7)14-24-10-8-9-11-28(24)29/h8-11,14-16,23,25-26H,12-13,17-22H2,1-7H3. The Balaban J connectivity index is 1.26. The number of halogens is 2. The molecule has 4 heterocycles. The minimum atomic E-state index is -0.873. The molecule has 2 amide bonds. The molecule has 288 valence electrons. The molecule has 0 radical (unpaired) electrons. The zero-order valence-electron chi connectivity index (χ0n) is 31.8. The van der Waals surface area contributed by atoms with Gasteiger partial charge in [0, 0.05) is 44.6 Å². The molecular weight excluding hydrogens is 700 g/mol. The van der Waals surface area contributed by atoms with E-state index in [0.29, 0.717) is 48.7 Å². The van der Waals surface area contributed by atoms with Crippen LogP contribution >= 0.6 is 0 Å². The third-order valence-electron chi connectivity index (χ3n) is 9.73. The average molecular weight is 748 g/mol. The molecule has 3 aliphatic heterocycles. The third kappa shape index (κ3) is 7.66. The van der Waals surface area contributed by atoms with E-state index < -0.39 is 28.9 Å². The predicted octanol–water partition coefficient (Wildman–Crippen LogP) is 7.54. The number of carbonyl (C=O) groups is 2. The minimum absolute atomic E-state index is 0.0247. The van der Waals surface area contributed by atoms with Crippen LogP contribution in [0.15, 0.2) is 42.5 Å². The minimum Gasteiger partial charge on any atom is -0.468 e. The van der Waals surface area contributed by atoms with E-state index >= 15 is 8.78 Å². The summed E-state index contributed by atoms with van der Waals surface area (Å²) in [6.45, 7) is 12.7. The van der Waals surface area contributed by atoms with Crippen molar-refractivity contribution in [2.45, 2.75) is 77.7 Å².